The largest absolute Gasteiger partial charge is 0.369 e. The van der Waals surface area contributed by atoms with Crippen molar-refractivity contribution in [2.45, 2.75) is 51.6 Å². The quantitative estimate of drug-likeness (QED) is 0.802. The molecule has 1 aromatic carbocycles. The van der Waals surface area contributed by atoms with E-state index in [1.165, 1.54) is 0 Å². The van der Waals surface area contributed by atoms with Gasteiger partial charge >= 0.3 is 0 Å². The molecule has 4 heteroatoms. The molecule has 0 aliphatic rings. The highest BCUT2D eigenvalue weighted by molar-refractivity contribution is 5.90. The Morgan fingerprint density at radius 1 is 1.04 bits per heavy atom. The second-order valence-corrected chi connectivity index (χ2v) is 7.03. The Hall–Kier alpha value is -2.20. The third kappa shape index (κ3) is 4.07. The van der Waals surface area contributed by atoms with Gasteiger partial charge in [0.1, 0.15) is 5.41 Å². The molecule has 0 fully saturated rings. The Balaban J connectivity index is 2.50. The van der Waals surface area contributed by atoms with Crippen LogP contribution < -0.4 is 5.73 Å². The Morgan fingerprint density at radius 2 is 1.64 bits per heavy atom. The van der Waals surface area contributed by atoms with Crippen molar-refractivity contribution in [3.05, 3.63) is 66.0 Å². The van der Waals surface area contributed by atoms with Gasteiger partial charge in [-0.2, -0.15) is 0 Å². The van der Waals surface area contributed by atoms with Crippen LogP contribution in [0.2, 0.25) is 0 Å². The number of hydrogen-bond donors (Lipinski definition) is 1. The Labute approximate surface area is 151 Å². The summed E-state index contributed by atoms with van der Waals surface area (Å²) in [6.45, 7) is 9.47. The number of nitrogens with two attached hydrogens (primary N) is 1. The van der Waals surface area contributed by atoms with Gasteiger partial charge in [0.05, 0.1) is 5.69 Å². The van der Waals surface area contributed by atoms with Crippen LogP contribution in [0.4, 0.5) is 0 Å². The monoisotopic (exact) mass is 339 g/mol. The first kappa shape index (κ1) is 19.1. The number of pyridine rings is 1. The fourth-order valence-corrected chi connectivity index (χ4v) is 3.56. The summed E-state index contributed by atoms with van der Waals surface area (Å²) in [5.74, 6) is -0.357. The zero-order chi connectivity index (χ0) is 18.4. The van der Waals surface area contributed by atoms with Gasteiger partial charge < -0.3 is 5.73 Å². The van der Waals surface area contributed by atoms with Crippen LogP contribution in [0.25, 0.3) is 0 Å². The molecule has 1 amide bonds. The second kappa shape index (κ2) is 8.26. The maximum atomic E-state index is 12.7. The van der Waals surface area contributed by atoms with Crippen LogP contribution in [0, 0.1) is 0 Å². The van der Waals surface area contributed by atoms with Crippen molar-refractivity contribution in [2.75, 3.05) is 6.54 Å². The van der Waals surface area contributed by atoms with E-state index in [0.717, 1.165) is 12.1 Å². The average Bonchev–Trinajstić information content (AvgIpc) is 2.59. The summed E-state index contributed by atoms with van der Waals surface area (Å²) < 4.78 is 0. The molecule has 0 aliphatic carbocycles. The molecule has 134 valence electrons. The second-order valence-electron chi connectivity index (χ2n) is 7.03. The standard InChI is InChI=1S/C21H29N3O/c1-16(2)24(17(3)4)15-13-21(20(22)25,18-10-6-5-7-11-18)19-12-8-9-14-23-19/h5-12,14,16-17H,13,15H2,1-4H3,(H2,22,25)/t21-/m1/s1. The maximum absolute atomic E-state index is 12.7. The molecule has 0 bridgehead atoms. The van der Waals surface area contributed by atoms with E-state index in [4.69, 9.17) is 5.73 Å². The van der Waals surface area contributed by atoms with Gasteiger partial charge in [0.25, 0.3) is 0 Å². The minimum Gasteiger partial charge on any atom is -0.369 e. The lowest BCUT2D eigenvalue weighted by atomic mass is 9.73. The molecular formula is C21H29N3O. The minimum atomic E-state index is -0.926. The van der Waals surface area contributed by atoms with Gasteiger partial charge in [-0.15, -0.1) is 0 Å². The predicted molar refractivity (Wildman–Crippen MR) is 102 cm³/mol. The first-order valence-corrected chi connectivity index (χ1v) is 8.92. The van der Waals surface area contributed by atoms with Crippen LogP contribution in [0.3, 0.4) is 0 Å². The molecule has 2 N–H and O–H groups in total. The number of carbonyl (C=O) groups excluding carboxylic acids is 1. The molecular weight excluding hydrogens is 310 g/mol. The van der Waals surface area contributed by atoms with E-state index in [1.54, 1.807) is 6.20 Å². The number of primary amides is 1. The van der Waals surface area contributed by atoms with E-state index in [-0.39, 0.29) is 5.91 Å². The highest BCUT2D eigenvalue weighted by Crippen LogP contribution is 2.35. The normalized spacial score (nSPS) is 14.0. The van der Waals surface area contributed by atoms with Crippen molar-refractivity contribution < 1.29 is 4.79 Å². The number of amides is 1. The first-order chi connectivity index (χ1) is 11.9. The lowest BCUT2D eigenvalue weighted by Crippen LogP contribution is -2.47. The summed E-state index contributed by atoms with van der Waals surface area (Å²) in [5, 5.41) is 0. The molecule has 0 unspecified atom stereocenters. The molecule has 2 aromatic rings. The van der Waals surface area contributed by atoms with Crippen LogP contribution in [0.5, 0.6) is 0 Å². The summed E-state index contributed by atoms with van der Waals surface area (Å²) in [5.41, 5.74) is 6.66. The van der Waals surface area contributed by atoms with Gasteiger partial charge in [-0.05, 0) is 51.8 Å². The van der Waals surface area contributed by atoms with Crippen molar-refractivity contribution >= 4 is 5.91 Å². The average molecular weight is 339 g/mol. The number of aromatic nitrogens is 1. The van der Waals surface area contributed by atoms with E-state index in [0.29, 0.717) is 24.2 Å². The lowest BCUT2D eigenvalue weighted by molar-refractivity contribution is -0.122. The van der Waals surface area contributed by atoms with Gasteiger partial charge in [-0.1, -0.05) is 36.4 Å². The Kier molecular flexibility index (Phi) is 6.32. The number of carbonyl (C=O) groups is 1. The summed E-state index contributed by atoms with van der Waals surface area (Å²) in [6, 6.07) is 16.2. The SMILES string of the molecule is CC(C)N(CC[C@@](C(N)=O)(c1ccccc1)c1ccccn1)C(C)C. The number of benzene rings is 1. The number of nitrogens with zero attached hydrogens (tertiary/aromatic N) is 2. The molecule has 25 heavy (non-hydrogen) atoms. The third-order valence-corrected chi connectivity index (χ3v) is 4.86. The third-order valence-electron chi connectivity index (χ3n) is 4.86. The van der Waals surface area contributed by atoms with Gasteiger partial charge in [-0.25, -0.2) is 0 Å². The van der Waals surface area contributed by atoms with E-state index in [1.807, 2.05) is 48.5 Å². The maximum Gasteiger partial charge on any atom is 0.234 e. The summed E-state index contributed by atoms with van der Waals surface area (Å²) in [4.78, 5) is 19.6. The zero-order valence-electron chi connectivity index (χ0n) is 15.6. The van der Waals surface area contributed by atoms with Crippen molar-refractivity contribution in [3.63, 3.8) is 0 Å². The molecule has 1 heterocycles. The first-order valence-electron chi connectivity index (χ1n) is 8.92. The molecule has 2 rings (SSSR count). The molecule has 1 atom stereocenters. The highest BCUT2D eigenvalue weighted by atomic mass is 16.1. The molecule has 1 aromatic heterocycles. The van der Waals surface area contributed by atoms with E-state index in [2.05, 4.69) is 37.6 Å². The van der Waals surface area contributed by atoms with Crippen LogP contribution >= 0.6 is 0 Å². The number of hydrogen-bond acceptors (Lipinski definition) is 3. The molecule has 4 nitrogen and oxygen atoms in total. The van der Waals surface area contributed by atoms with Gasteiger partial charge in [-0.3, -0.25) is 14.7 Å². The Bertz CT molecular complexity index is 621. The highest BCUT2D eigenvalue weighted by Gasteiger charge is 2.42. The van der Waals surface area contributed by atoms with Gasteiger partial charge in [0.15, 0.2) is 0 Å². The molecule has 0 radical (unpaired) electrons. The van der Waals surface area contributed by atoms with Crippen LogP contribution in [0.1, 0.15) is 45.4 Å². The Morgan fingerprint density at radius 3 is 2.12 bits per heavy atom. The van der Waals surface area contributed by atoms with Crippen molar-refractivity contribution in [2.24, 2.45) is 5.73 Å². The lowest BCUT2D eigenvalue weighted by Gasteiger charge is -2.36. The fraction of sp³-hybridized carbons (Fsp3) is 0.429. The van der Waals surface area contributed by atoms with Gasteiger partial charge in [0, 0.05) is 24.8 Å². The summed E-state index contributed by atoms with van der Waals surface area (Å²) in [7, 11) is 0. The molecule has 0 saturated heterocycles. The topological polar surface area (TPSA) is 59.2 Å². The van der Waals surface area contributed by atoms with Crippen LogP contribution in [-0.2, 0) is 10.2 Å². The summed E-state index contributed by atoms with van der Waals surface area (Å²) in [6.07, 6.45) is 2.32. The number of rotatable bonds is 8. The van der Waals surface area contributed by atoms with Crippen LogP contribution in [0.15, 0.2) is 54.7 Å². The predicted octanol–water partition coefficient (Wildman–Crippen LogP) is 3.36. The van der Waals surface area contributed by atoms with Crippen molar-refractivity contribution in [3.8, 4) is 0 Å². The fourth-order valence-electron chi connectivity index (χ4n) is 3.56. The minimum absolute atomic E-state index is 0.357. The van der Waals surface area contributed by atoms with Crippen molar-refractivity contribution in [1.82, 2.24) is 9.88 Å². The van der Waals surface area contributed by atoms with E-state index in [9.17, 15) is 4.79 Å². The zero-order valence-corrected chi connectivity index (χ0v) is 15.6. The summed E-state index contributed by atoms with van der Waals surface area (Å²) >= 11 is 0. The van der Waals surface area contributed by atoms with E-state index < -0.39 is 5.41 Å². The molecule has 0 aliphatic heterocycles. The van der Waals surface area contributed by atoms with Crippen LogP contribution in [-0.4, -0.2) is 34.4 Å². The smallest absolute Gasteiger partial charge is 0.234 e. The van der Waals surface area contributed by atoms with Crippen molar-refractivity contribution in [1.29, 1.82) is 0 Å². The van der Waals surface area contributed by atoms with Gasteiger partial charge in [0.2, 0.25) is 5.91 Å². The van der Waals surface area contributed by atoms with E-state index >= 15 is 0 Å². The molecule has 0 saturated carbocycles. The molecule has 0 spiro atoms.